The highest BCUT2D eigenvalue weighted by Gasteiger charge is 2.56. The maximum absolute atomic E-state index is 11.6. The van der Waals surface area contributed by atoms with Crippen molar-refractivity contribution in [2.75, 3.05) is 26.7 Å². The van der Waals surface area contributed by atoms with E-state index in [2.05, 4.69) is 27.9 Å². The number of rotatable bonds is 7. The zero-order chi connectivity index (χ0) is 17.6. The summed E-state index contributed by atoms with van der Waals surface area (Å²) >= 11 is 0. The molecule has 1 amide bonds. The Morgan fingerprint density at radius 2 is 1.88 bits per heavy atom. The van der Waals surface area contributed by atoms with Crippen LogP contribution in [-0.2, 0) is 9.53 Å². The van der Waals surface area contributed by atoms with Crippen LogP contribution in [0.2, 0.25) is 0 Å². The molecule has 2 saturated carbocycles. The van der Waals surface area contributed by atoms with Crippen LogP contribution in [0.25, 0.3) is 0 Å². The average Bonchev–Trinajstić information content (AvgIpc) is 3.08. The number of hydrogen-bond donors (Lipinski definition) is 3. The molecule has 3 N–H and O–H groups in total. The van der Waals surface area contributed by atoms with Gasteiger partial charge in [0.05, 0.1) is 6.10 Å². The van der Waals surface area contributed by atoms with Gasteiger partial charge in [-0.1, -0.05) is 26.7 Å². The molecule has 0 aromatic heterocycles. The number of nitrogens with zero attached hydrogens (tertiary/aromatic N) is 1. The molecule has 7 heteroatoms. The molecule has 0 heterocycles. The normalized spacial score (nSPS) is 24.6. The van der Waals surface area contributed by atoms with Crippen molar-refractivity contribution >= 4 is 35.8 Å². The molecule has 25 heavy (non-hydrogen) atoms. The predicted octanol–water partition coefficient (Wildman–Crippen LogP) is 2.28. The molecule has 0 saturated heterocycles. The molecule has 0 bridgehead atoms. The van der Waals surface area contributed by atoms with Crippen molar-refractivity contribution in [1.29, 1.82) is 0 Å². The first kappa shape index (κ1) is 22.5. The number of amides is 1. The van der Waals surface area contributed by atoms with Crippen LogP contribution in [0, 0.1) is 11.3 Å². The number of ether oxygens (including phenoxy) is 1. The molecule has 2 aliphatic carbocycles. The van der Waals surface area contributed by atoms with Gasteiger partial charge in [0.15, 0.2) is 5.96 Å². The number of nitrogens with one attached hydrogen (secondary N) is 3. The van der Waals surface area contributed by atoms with Crippen LogP contribution in [0.3, 0.4) is 0 Å². The van der Waals surface area contributed by atoms with Crippen LogP contribution in [-0.4, -0.2) is 50.8 Å². The van der Waals surface area contributed by atoms with Crippen molar-refractivity contribution in [3.63, 3.8) is 0 Å². The Labute approximate surface area is 169 Å². The van der Waals surface area contributed by atoms with Crippen molar-refractivity contribution in [3.05, 3.63) is 0 Å². The molecule has 146 valence electrons. The van der Waals surface area contributed by atoms with Gasteiger partial charge >= 0.3 is 0 Å². The largest absolute Gasteiger partial charge is 0.378 e. The fourth-order valence-corrected chi connectivity index (χ4v) is 4.02. The van der Waals surface area contributed by atoms with E-state index in [1.165, 1.54) is 25.7 Å². The minimum atomic E-state index is 0. The van der Waals surface area contributed by atoms with E-state index < -0.39 is 0 Å². The van der Waals surface area contributed by atoms with Crippen molar-refractivity contribution in [2.24, 2.45) is 16.3 Å². The number of carbonyl (C=O) groups is 1. The maximum atomic E-state index is 11.6. The van der Waals surface area contributed by atoms with Gasteiger partial charge in [-0.15, -0.1) is 24.0 Å². The first-order valence-electron chi connectivity index (χ1n) is 9.40. The highest BCUT2D eigenvalue weighted by molar-refractivity contribution is 14.0. The van der Waals surface area contributed by atoms with Gasteiger partial charge in [-0.05, 0) is 26.2 Å². The highest BCUT2D eigenvalue weighted by atomic mass is 127. The smallest absolute Gasteiger partial charge is 0.222 e. The van der Waals surface area contributed by atoms with Crippen LogP contribution >= 0.6 is 24.0 Å². The summed E-state index contributed by atoms with van der Waals surface area (Å²) in [5, 5.41) is 9.79. The van der Waals surface area contributed by atoms with Crippen molar-refractivity contribution in [1.82, 2.24) is 16.0 Å². The Hall–Kier alpha value is -0.570. The Bertz CT molecular complexity index is 450. The summed E-state index contributed by atoms with van der Waals surface area (Å²) in [6, 6.07) is 0.438. The Kier molecular flexibility index (Phi) is 9.48. The van der Waals surface area contributed by atoms with E-state index in [1.54, 1.807) is 7.05 Å². The molecule has 0 aromatic rings. The van der Waals surface area contributed by atoms with Gasteiger partial charge in [0.1, 0.15) is 0 Å². The van der Waals surface area contributed by atoms with Gasteiger partial charge in [-0.25, -0.2) is 0 Å². The molecular weight excluding hydrogens is 431 g/mol. The number of halogens is 1. The van der Waals surface area contributed by atoms with Crippen molar-refractivity contribution in [3.8, 4) is 0 Å². The molecule has 2 aliphatic rings. The Morgan fingerprint density at radius 3 is 2.44 bits per heavy atom. The van der Waals surface area contributed by atoms with Gasteiger partial charge < -0.3 is 20.7 Å². The van der Waals surface area contributed by atoms with E-state index >= 15 is 0 Å². The maximum Gasteiger partial charge on any atom is 0.222 e. The van der Waals surface area contributed by atoms with Crippen LogP contribution in [0.5, 0.6) is 0 Å². The third-order valence-electron chi connectivity index (χ3n) is 5.46. The molecule has 2 fully saturated rings. The molecule has 2 rings (SSSR count). The van der Waals surface area contributed by atoms with Gasteiger partial charge in [0.25, 0.3) is 0 Å². The summed E-state index contributed by atoms with van der Waals surface area (Å²) in [5.41, 5.74) is 0.291. The van der Waals surface area contributed by atoms with Crippen LogP contribution in [0.1, 0.15) is 52.9 Å². The summed E-state index contributed by atoms with van der Waals surface area (Å²) in [5.74, 6) is 0.929. The first-order valence-corrected chi connectivity index (χ1v) is 9.40. The zero-order valence-corrected chi connectivity index (χ0v) is 18.4. The third-order valence-corrected chi connectivity index (χ3v) is 5.46. The van der Waals surface area contributed by atoms with Crippen molar-refractivity contribution < 1.29 is 9.53 Å². The van der Waals surface area contributed by atoms with E-state index in [9.17, 15) is 4.79 Å². The molecular formula is C18H35IN4O2. The summed E-state index contributed by atoms with van der Waals surface area (Å²) < 4.78 is 5.96. The lowest BCUT2D eigenvalue weighted by Gasteiger charge is -2.54. The number of hydrogen-bond acceptors (Lipinski definition) is 3. The molecule has 6 nitrogen and oxygen atoms in total. The standard InChI is InChI=1S/C18H34N4O2.HI/c1-5-24-15-12-14(18(15)8-6-7-9-18)22-17(19-4)21-11-10-20-16(23)13(2)3;/h13-15H,5-12H2,1-4H3,(H,20,23)(H2,19,21,22);1H. The zero-order valence-electron chi connectivity index (χ0n) is 16.1. The van der Waals surface area contributed by atoms with Crippen LogP contribution < -0.4 is 16.0 Å². The van der Waals surface area contributed by atoms with Gasteiger partial charge in [0, 0.05) is 44.1 Å². The SMILES string of the molecule is CCOC1CC(NC(=NC)NCCNC(=O)C(C)C)C12CCCC2.I. The minimum Gasteiger partial charge on any atom is -0.378 e. The molecule has 1 spiro atoms. The predicted molar refractivity (Wildman–Crippen MR) is 112 cm³/mol. The van der Waals surface area contributed by atoms with Crippen molar-refractivity contribution in [2.45, 2.75) is 65.0 Å². The lowest BCUT2D eigenvalue weighted by atomic mass is 9.60. The summed E-state index contributed by atoms with van der Waals surface area (Å²) in [4.78, 5) is 15.9. The lowest BCUT2D eigenvalue weighted by molar-refractivity contribution is -0.125. The molecule has 2 unspecified atom stereocenters. The van der Waals surface area contributed by atoms with Crippen LogP contribution in [0.4, 0.5) is 0 Å². The molecule has 2 atom stereocenters. The molecule has 0 aliphatic heterocycles. The summed E-state index contributed by atoms with van der Waals surface area (Å²) in [6.07, 6.45) is 6.54. The third kappa shape index (κ3) is 5.45. The number of carbonyl (C=O) groups excluding carboxylic acids is 1. The topological polar surface area (TPSA) is 74.8 Å². The van der Waals surface area contributed by atoms with Gasteiger partial charge in [0.2, 0.25) is 5.91 Å². The van der Waals surface area contributed by atoms with Gasteiger partial charge in [-0.3, -0.25) is 9.79 Å². The lowest BCUT2D eigenvalue weighted by Crippen LogP contribution is -2.65. The van der Waals surface area contributed by atoms with Gasteiger partial charge in [-0.2, -0.15) is 0 Å². The van der Waals surface area contributed by atoms with E-state index in [1.807, 2.05) is 13.8 Å². The first-order chi connectivity index (χ1) is 11.5. The van der Waals surface area contributed by atoms with E-state index in [0.717, 1.165) is 19.0 Å². The monoisotopic (exact) mass is 466 g/mol. The van der Waals surface area contributed by atoms with Crippen LogP contribution in [0.15, 0.2) is 4.99 Å². The molecule has 0 aromatic carbocycles. The fourth-order valence-electron chi connectivity index (χ4n) is 4.02. The quantitative estimate of drug-likeness (QED) is 0.233. The average molecular weight is 466 g/mol. The number of guanidine groups is 1. The highest BCUT2D eigenvalue weighted by Crippen LogP contribution is 2.54. The Balaban J connectivity index is 0.00000312. The fraction of sp³-hybridized carbons (Fsp3) is 0.889. The summed E-state index contributed by atoms with van der Waals surface area (Å²) in [6.45, 7) is 7.95. The number of aliphatic imine (C=N–C) groups is 1. The minimum absolute atomic E-state index is 0. The summed E-state index contributed by atoms with van der Waals surface area (Å²) in [7, 11) is 1.79. The second-order valence-electron chi connectivity index (χ2n) is 7.26. The van der Waals surface area contributed by atoms with E-state index in [-0.39, 0.29) is 35.8 Å². The van der Waals surface area contributed by atoms with E-state index in [4.69, 9.17) is 4.74 Å². The second kappa shape index (κ2) is 10.5. The Morgan fingerprint density at radius 1 is 1.24 bits per heavy atom. The molecule has 0 radical (unpaired) electrons. The second-order valence-corrected chi connectivity index (χ2v) is 7.26. The van der Waals surface area contributed by atoms with E-state index in [0.29, 0.717) is 30.7 Å².